The minimum Gasteiger partial charge on any atom is -0.480 e. The van der Waals surface area contributed by atoms with Crippen molar-refractivity contribution in [1.29, 1.82) is 0 Å². The summed E-state index contributed by atoms with van der Waals surface area (Å²) in [6.45, 7) is 9.03. The zero-order valence-corrected chi connectivity index (χ0v) is 16.0. The highest BCUT2D eigenvalue weighted by Gasteiger charge is 2.31. The number of likely N-dealkylation sites (tertiary alicyclic amines) is 1. The average molecular weight is 346 g/mol. The van der Waals surface area contributed by atoms with Crippen molar-refractivity contribution in [2.75, 3.05) is 20.1 Å². The van der Waals surface area contributed by atoms with Gasteiger partial charge in [-0.05, 0) is 43.4 Å². The quantitative estimate of drug-likeness (QED) is 0.890. The van der Waals surface area contributed by atoms with Crippen LogP contribution in [0.4, 0.5) is 0 Å². The molecule has 5 nitrogen and oxygen atoms in total. The van der Waals surface area contributed by atoms with Gasteiger partial charge in [-0.1, -0.05) is 45.0 Å². The van der Waals surface area contributed by atoms with E-state index in [9.17, 15) is 9.59 Å². The van der Waals surface area contributed by atoms with E-state index in [0.29, 0.717) is 0 Å². The third kappa shape index (κ3) is 4.60. The molecule has 1 N–H and O–H groups in total. The highest BCUT2D eigenvalue weighted by atomic mass is 16.4. The summed E-state index contributed by atoms with van der Waals surface area (Å²) in [5.74, 6) is -0.913. The maximum absolute atomic E-state index is 12.7. The first-order valence-electron chi connectivity index (χ1n) is 8.94. The molecule has 0 saturated carbocycles. The second-order valence-electron chi connectivity index (χ2n) is 8.05. The van der Waals surface area contributed by atoms with E-state index in [1.54, 1.807) is 18.9 Å². The summed E-state index contributed by atoms with van der Waals surface area (Å²) in [5.41, 5.74) is 2.55. The van der Waals surface area contributed by atoms with Gasteiger partial charge in [-0.3, -0.25) is 14.5 Å². The monoisotopic (exact) mass is 346 g/mol. The fourth-order valence-corrected chi connectivity index (χ4v) is 3.25. The molecule has 0 spiro atoms. The maximum atomic E-state index is 12.7. The lowest BCUT2D eigenvalue weighted by Crippen LogP contribution is -2.44. The molecular weight excluding hydrogens is 316 g/mol. The SMILES string of the molecule is CC(C(=O)O)N(C)CC(=O)N1CCCC1c1ccc(C(C)(C)C)cc1. The molecule has 1 heterocycles. The van der Waals surface area contributed by atoms with Crippen LogP contribution >= 0.6 is 0 Å². The number of carbonyl (C=O) groups excluding carboxylic acids is 1. The summed E-state index contributed by atoms with van der Waals surface area (Å²) in [5, 5.41) is 9.09. The van der Waals surface area contributed by atoms with Crippen molar-refractivity contribution in [3.8, 4) is 0 Å². The van der Waals surface area contributed by atoms with Crippen LogP contribution in [0.1, 0.15) is 57.7 Å². The molecule has 1 aromatic carbocycles. The van der Waals surface area contributed by atoms with Crippen LogP contribution in [-0.4, -0.2) is 53.0 Å². The molecule has 5 heteroatoms. The standard InChI is InChI=1S/C20H30N2O3/c1-14(19(24)25)21(5)13-18(23)22-12-6-7-17(22)15-8-10-16(11-9-15)20(2,3)4/h8-11,14,17H,6-7,12-13H2,1-5H3,(H,24,25). The molecular formula is C20H30N2O3. The van der Waals surface area contributed by atoms with E-state index in [-0.39, 0.29) is 23.9 Å². The Bertz CT molecular complexity index is 619. The van der Waals surface area contributed by atoms with Gasteiger partial charge in [0, 0.05) is 6.54 Å². The minimum absolute atomic E-state index is 0.00185. The van der Waals surface area contributed by atoms with Crippen molar-refractivity contribution in [3.05, 3.63) is 35.4 Å². The summed E-state index contributed by atoms with van der Waals surface area (Å²) >= 11 is 0. The van der Waals surface area contributed by atoms with Crippen LogP contribution in [-0.2, 0) is 15.0 Å². The van der Waals surface area contributed by atoms with Crippen molar-refractivity contribution in [1.82, 2.24) is 9.80 Å². The lowest BCUT2D eigenvalue weighted by Gasteiger charge is -2.29. The van der Waals surface area contributed by atoms with Gasteiger partial charge in [0.1, 0.15) is 6.04 Å². The molecule has 1 fully saturated rings. The molecule has 25 heavy (non-hydrogen) atoms. The van der Waals surface area contributed by atoms with Gasteiger partial charge in [0.15, 0.2) is 0 Å². The lowest BCUT2D eigenvalue weighted by molar-refractivity contribution is -0.143. The summed E-state index contributed by atoms with van der Waals surface area (Å²) in [6, 6.07) is 7.97. The van der Waals surface area contributed by atoms with Crippen molar-refractivity contribution in [2.24, 2.45) is 0 Å². The van der Waals surface area contributed by atoms with Gasteiger partial charge in [0.05, 0.1) is 12.6 Å². The lowest BCUT2D eigenvalue weighted by atomic mass is 9.86. The second-order valence-corrected chi connectivity index (χ2v) is 8.05. The minimum atomic E-state index is -0.911. The topological polar surface area (TPSA) is 60.9 Å². The van der Waals surface area contributed by atoms with E-state index in [1.165, 1.54) is 5.56 Å². The number of carboxylic acid groups (broad SMARTS) is 1. The van der Waals surface area contributed by atoms with Crippen LogP contribution in [0.3, 0.4) is 0 Å². The Morgan fingerprint density at radius 2 is 1.88 bits per heavy atom. The number of amides is 1. The number of aliphatic carboxylic acids is 1. The van der Waals surface area contributed by atoms with E-state index in [2.05, 4.69) is 45.0 Å². The largest absolute Gasteiger partial charge is 0.480 e. The van der Waals surface area contributed by atoms with E-state index < -0.39 is 12.0 Å². The first-order chi connectivity index (χ1) is 11.6. The first-order valence-corrected chi connectivity index (χ1v) is 8.94. The number of hydrogen-bond acceptors (Lipinski definition) is 3. The van der Waals surface area contributed by atoms with Gasteiger partial charge in [-0.25, -0.2) is 0 Å². The number of carboxylic acids is 1. The summed E-state index contributed by atoms with van der Waals surface area (Å²) in [4.78, 5) is 27.2. The third-order valence-electron chi connectivity index (χ3n) is 5.14. The van der Waals surface area contributed by atoms with E-state index in [4.69, 9.17) is 5.11 Å². The van der Waals surface area contributed by atoms with Crippen LogP contribution in [0.5, 0.6) is 0 Å². The fraction of sp³-hybridized carbons (Fsp3) is 0.600. The predicted molar refractivity (Wildman–Crippen MR) is 98.6 cm³/mol. The molecule has 1 aromatic rings. The molecule has 2 rings (SSSR count). The van der Waals surface area contributed by atoms with Crippen molar-refractivity contribution in [3.63, 3.8) is 0 Å². The van der Waals surface area contributed by atoms with Crippen molar-refractivity contribution in [2.45, 2.75) is 58.0 Å². The Morgan fingerprint density at radius 3 is 2.40 bits per heavy atom. The van der Waals surface area contributed by atoms with Crippen LogP contribution < -0.4 is 0 Å². The van der Waals surface area contributed by atoms with Gasteiger partial charge < -0.3 is 10.0 Å². The van der Waals surface area contributed by atoms with Crippen LogP contribution in [0.25, 0.3) is 0 Å². The summed E-state index contributed by atoms with van der Waals surface area (Å²) in [7, 11) is 1.68. The molecule has 1 aliphatic heterocycles. The van der Waals surface area contributed by atoms with E-state index >= 15 is 0 Å². The number of likely N-dealkylation sites (N-methyl/N-ethyl adjacent to an activating group) is 1. The van der Waals surface area contributed by atoms with Gasteiger partial charge in [0.2, 0.25) is 5.91 Å². The van der Waals surface area contributed by atoms with Gasteiger partial charge in [-0.2, -0.15) is 0 Å². The number of rotatable bonds is 5. The molecule has 1 saturated heterocycles. The number of nitrogens with zero attached hydrogens (tertiary/aromatic N) is 2. The highest BCUT2D eigenvalue weighted by Crippen LogP contribution is 2.33. The smallest absolute Gasteiger partial charge is 0.320 e. The number of carbonyl (C=O) groups is 2. The summed E-state index contributed by atoms with van der Waals surface area (Å²) in [6.07, 6.45) is 1.94. The Labute approximate surface area is 150 Å². The van der Waals surface area contributed by atoms with E-state index in [1.807, 2.05) is 4.90 Å². The van der Waals surface area contributed by atoms with Gasteiger partial charge in [-0.15, -0.1) is 0 Å². The van der Waals surface area contributed by atoms with Crippen LogP contribution in [0.2, 0.25) is 0 Å². The molecule has 2 atom stereocenters. The Kier molecular flexibility index (Phi) is 5.88. The Morgan fingerprint density at radius 1 is 1.28 bits per heavy atom. The fourth-order valence-electron chi connectivity index (χ4n) is 3.25. The molecule has 0 aliphatic carbocycles. The average Bonchev–Trinajstić information content (AvgIpc) is 3.02. The molecule has 0 aromatic heterocycles. The predicted octanol–water partition coefficient (Wildman–Crippen LogP) is 3.05. The molecule has 0 radical (unpaired) electrons. The second kappa shape index (κ2) is 7.56. The zero-order chi connectivity index (χ0) is 18.8. The van der Waals surface area contributed by atoms with Crippen LogP contribution in [0, 0.1) is 0 Å². The van der Waals surface area contributed by atoms with E-state index in [0.717, 1.165) is 24.9 Å². The Hall–Kier alpha value is -1.88. The molecule has 138 valence electrons. The normalized spacial score (nSPS) is 19.3. The molecule has 1 aliphatic rings. The first kappa shape index (κ1) is 19.4. The van der Waals surface area contributed by atoms with Gasteiger partial charge in [0.25, 0.3) is 0 Å². The Balaban J connectivity index is 2.09. The third-order valence-corrected chi connectivity index (χ3v) is 5.14. The van der Waals surface area contributed by atoms with Crippen molar-refractivity contribution >= 4 is 11.9 Å². The molecule has 1 amide bonds. The van der Waals surface area contributed by atoms with Crippen LogP contribution in [0.15, 0.2) is 24.3 Å². The maximum Gasteiger partial charge on any atom is 0.320 e. The molecule has 2 unspecified atom stereocenters. The number of hydrogen-bond donors (Lipinski definition) is 1. The number of benzene rings is 1. The molecule has 0 bridgehead atoms. The summed E-state index contributed by atoms with van der Waals surface area (Å²) < 4.78 is 0. The van der Waals surface area contributed by atoms with Crippen molar-refractivity contribution < 1.29 is 14.7 Å². The highest BCUT2D eigenvalue weighted by molar-refractivity contribution is 5.80. The van der Waals surface area contributed by atoms with Gasteiger partial charge >= 0.3 is 5.97 Å². The zero-order valence-electron chi connectivity index (χ0n) is 16.0.